The van der Waals surface area contributed by atoms with E-state index in [0.717, 1.165) is 4.90 Å². The second kappa shape index (κ2) is 5.09. The molecule has 6 heteroatoms. The van der Waals surface area contributed by atoms with Gasteiger partial charge in [-0.3, -0.25) is 4.79 Å². The Kier molecular flexibility index (Phi) is 3.50. The molecule has 1 heterocycles. The maximum Gasteiger partial charge on any atom is 0.420 e. The number of anilines is 1. The Labute approximate surface area is 145 Å². The highest BCUT2D eigenvalue weighted by atomic mass is 35.5. The van der Waals surface area contributed by atoms with Crippen molar-refractivity contribution in [2.24, 2.45) is 11.3 Å². The van der Waals surface area contributed by atoms with Gasteiger partial charge in [-0.2, -0.15) is 5.26 Å². The molecule has 2 amide bonds. The molecule has 0 radical (unpaired) electrons. The van der Waals surface area contributed by atoms with Crippen molar-refractivity contribution in [3.8, 4) is 6.07 Å². The lowest BCUT2D eigenvalue weighted by Crippen LogP contribution is -2.50. The second-order valence-corrected chi connectivity index (χ2v) is 7.23. The van der Waals surface area contributed by atoms with Crippen LogP contribution in [0.25, 0.3) is 0 Å². The minimum atomic E-state index is -1.03. The lowest BCUT2D eigenvalue weighted by molar-refractivity contribution is -0.126. The first-order valence-corrected chi connectivity index (χ1v) is 7.90. The van der Waals surface area contributed by atoms with Gasteiger partial charge in [-0.1, -0.05) is 43.7 Å². The molecule has 0 aromatic heterocycles. The number of halogens is 1. The van der Waals surface area contributed by atoms with Crippen LogP contribution in [0.2, 0.25) is 5.02 Å². The summed E-state index contributed by atoms with van der Waals surface area (Å²) in [7, 11) is 1.22. The van der Waals surface area contributed by atoms with Crippen LogP contribution in [-0.4, -0.2) is 19.1 Å². The molecule has 124 valence electrons. The van der Waals surface area contributed by atoms with Gasteiger partial charge in [-0.15, -0.1) is 0 Å². The highest BCUT2D eigenvalue weighted by Crippen LogP contribution is 2.64. The molecule has 3 rings (SSSR count). The van der Waals surface area contributed by atoms with Crippen LogP contribution in [0.1, 0.15) is 25.8 Å². The summed E-state index contributed by atoms with van der Waals surface area (Å²) in [4.78, 5) is 26.6. The Morgan fingerprint density at radius 2 is 2.17 bits per heavy atom. The summed E-state index contributed by atoms with van der Waals surface area (Å²) in [5, 5.41) is 9.98. The number of ether oxygens (including phenoxy) is 1. The van der Waals surface area contributed by atoms with Gasteiger partial charge in [0.05, 0.1) is 30.2 Å². The Bertz CT molecular complexity index is 824. The number of allylic oxidation sites excluding steroid dienone is 1. The van der Waals surface area contributed by atoms with Gasteiger partial charge in [0.25, 0.3) is 0 Å². The van der Waals surface area contributed by atoms with E-state index in [-0.39, 0.29) is 0 Å². The summed E-state index contributed by atoms with van der Waals surface area (Å²) in [5.74, 6) is -0.877. The molecule has 1 aliphatic heterocycles. The fourth-order valence-electron chi connectivity index (χ4n) is 4.21. The zero-order valence-corrected chi connectivity index (χ0v) is 14.5. The van der Waals surface area contributed by atoms with E-state index in [4.69, 9.17) is 16.3 Å². The number of nitrogens with zero attached hydrogens (tertiary/aromatic N) is 2. The van der Waals surface area contributed by atoms with Crippen molar-refractivity contribution < 1.29 is 14.3 Å². The predicted molar refractivity (Wildman–Crippen MR) is 89.7 cm³/mol. The van der Waals surface area contributed by atoms with Crippen molar-refractivity contribution in [2.75, 3.05) is 12.0 Å². The van der Waals surface area contributed by atoms with Crippen LogP contribution in [0, 0.1) is 22.7 Å². The normalized spacial score (nSPS) is 27.3. The number of amides is 2. The van der Waals surface area contributed by atoms with E-state index >= 15 is 0 Å². The van der Waals surface area contributed by atoms with Crippen LogP contribution >= 0.6 is 11.6 Å². The fraction of sp³-hybridized carbons (Fsp3) is 0.389. The molecule has 24 heavy (non-hydrogen) atoms. The number of imide groups is 1. The van der Waals surface area contributed by atoms with Crippen LogP contribution in [0.5, 0.6) is 0 Å². The van der Waals surface area contributed by atoms with Gasteiger partial charge >= 0.3 is 6.09 Å². The van der Waals surface area contributed by atoms with E-state index in [9.17, 15) is 14.9 Å². The van der Waals surface area contributed by atoms with E-state index < -0.39 is 28.7 Å². The molecule has 1 saturated carbocycles. The summed E-state index contributed by atoms with van der Waals surface area (Å²) in [6.07, 6.45) is -0.443. The predicted octanol–water partition coefficient (Wildman–Crippen LogP) is 3.82. The van der Waals surface area contributed by atoms with Crippen molar-refractivity contribution >= 4 is 29.3 Å². The zero-order chi connectivity index (χ0) is 17.9. The molecule has 1 spiro atoms. The lowest BCUT2D eigenvalue weighted by Gasteiger charge is -2.38. The topological polar surface area (TPSA) is 70.4 Å². The molecule has 2 aliphatic rings. The van der Waals surface area contributed by atoms with Crippen LogP contribution < -0.4 is 4.90 Å². The maximum atomic E-state index is 13.4. The Morgan fingerprint density at radius 3 is 2.71 bits per heavy atom. The molecule has 1 aliphatic carbocycles. The molecule has 0 N–H and O–H groups in total. The van der Waals surface area contributed by atoms with Gasteiger partial charge < -0.3 is 4.74 Å². The number of fused-ring (bicyclic) bond motifs is 2. The average molecular weight is 345 g/mol. The molecule has 0 unspecified atom stereocenters. The lowest BCUT2D eigenvalue weighted by atomic mass is 9.62. The van der Waals surface area contributed by atoms with E-state index in [0.29, 0.717) is 28.3 Å². The Hall–Kier alpha value is -2.32. The van der Waals surface area contributed by atoms with Gasteiger partial charge in [0, 0.05) is 10.4 Å². The molecule has 0 saturated heterocycles. The summed E-state index contributed by atoms with van der Waals surface area (Å²) in [6.45, 7) is 7.74. The van der Waals surface area contributed by atoms with Crippen molar-refractivity contribution in [1.82, 2.24) is 0 Å². The maximum absolute atomic E-state index is 13.4. The molecular formula is C18H17ClN2O3. The molecule has 2 atom stereocenters. The Balaban J connectivity index is 2.32. The third-order valence-corrected chi connectivity index (χ3v) is 5.67. The summed E-state index contributed by atoms with van der Waals surface area (Å²) in [5.41, 5.74) is 0.0494. The zero-order valence-electron chi connectivity index (χ0n) is 13.7. The number of carbonyl (C=O) groups excluding carboxylic acids is 2. The first-order valence-electron chi connectivity index (χ1n) is 7.52. The molecule has 1 fully saturated rings. The summed E-state index contributed by atoms with van der Waals surface area (Å²) >= 11 is 6.08. The fourth-order valence-corrected chi connectivity index (χ4v) is 4.38. The number of benzene rings is 1. The largest absolute Gasteiger partial charge is 0.452 e. The van der Waals surface area contributed by atoms with Gasteiger partial charge in [0.1, 0.15) is 0 Å². The summed E-state index contributed by atoms with van der Waals surface area (Å²) < 4.78 is 4.79. The van der Waals surface area contributed by atoms with Crippen molar-refractivity contribution in [3.63, 3.8) is 0 Å². The van der Waals surface area contributed by atoms with E-state index in [1.54, 1.807) is 18.2 Å². The van der Waals surface area contributed by atoms with Crippen LogP contribution in [0.4, 0.5) is 10.5 Å². The smallest absolute Gasteiger partial charge is 0.420 e. The minimum absolute atomic E-state index is 0.319. The second-order valence-electron chi connectivity index (χ2n) is 6.80. The number of methoxy groups -OCH3 is 1. The SMILES string of the molecule is C=C1C[C@@]2(C(=O)N(C(=O)OC)c3cc(Cl)ccc32)C(C)(C)[C@@H]1C#N. The molecule has 5 nitrogen and oxygen atoms in total. The standard InChI is InChI=1S/C18H17ClN2O3/c1-10-8-18(17(2,3)13(10)9-20)12-6-5-11(19)7-14(12)21(15(18)22)16(23)24-4/h5-7,13H,1,8H2,2-4H3/t13-,18-/m1/s1. The van der Waals surface area contributed by atoms with Crippen molar-refractivity contribution in [1.29, 1.82) is 5.26 Å². The van der Waals surface area contributed by atoms with Gasteiger partial charge in [0.15, 0.2) is 0 Å². The third kappa shape index (κ3) is 1.75. The molecular weight excluding hydrogens is 328 g/mol. The monoisotopic (exact) mass is 344 g/mol. The molecule has 0 bridgehead atoms. The minimum Gasteiger partial charge on any atom is -0.452 e. The summed E-state index contributed by atoms with van der Waals surface area (Å²) in [6, 6.07) is 7.29. The van der Waals surface area contributed by atoms with Crippen molar-refractivity contribution in [3.05, 3.63) is 40.9 Å². The first kappa shape index (κ1) is 16.5. The van der Waals surface area contributed by atoms with Crippen LogP contribution in [-0.2, 0) is 14.9 Å². The number of nitriles is 1. The van der Waals surface area contributed by atoms with Gasteiger partial charge in [-0.05, 0) is 24.1 Å². The van der Waals surface area contributed by atoms with E-state index in [1.807, 2.05) is 13.8 Å². The molecule has 1 aromatic carbocycles. The Morgan fingerprint density at radius 1 is 1.50 bits per heavy atom. The number of rotatable bonds is 0. The highest BCUT2D eigenvalue weighted by molar-refractivity contribution is 6.32. The third-order valence-electron chi connectivity index (χ3n) is 5.44. The number of hydrogen-bond donors (Lipinski definition) is 0. The first-order chi connectivity index (χ1) is 11.2. The van der Waals surface area contributed by atoms with E-state index in [2.05, 4.69) is 12.6 Å². The van der Waals surface area contributed by atoms with Crippen LogP contribution in [0.3, 0.4) is 0 Å². The highest BCUT2D eigenvalue weighted by Gasteiger charge is 2.67. The van der Waals surface area contributed by atoms with Gasteiger partial charge in [0.2, 0.25) is 5.91 Å². The van der Waals surface area contributed by atoms with E-state index in [1.165, 1.54) is 7.11 Å². The molecule has 1 aromatic rings. The van der Waals surface area contributed by atoms with Crippen LogP contribution in [0.15, 0.2) is 30.4 Å². The quantitative estimate of drug-likeness (QED) is 0.671. The number of carbonyl (C=O) groups is 2. The average Bonchev–Trinajstić information content (AvgIpc) is 2.88. The number of hydrogen-bond acceptors (Lipinski definition) is 4. The van der Waals surface area contributed by atoms with Crippen molar-refractivity contribution in [2.45, 2.75) is 25.7 Å². The van der Waals surface area contributed by atoms with Gasteiger partial charge in [-0.25, -0.2) is 9.69 Å².